The summed E-state index contributed by atoms with van der Waals surface area (Å²) >= 11 is 0. The van der Waals surface area contributed by atoms with Gasteiger partial charge in [-0.3, -0.25) is 4.98 Å². The lowest BCUT2D eigenvalue weighted by Crippen LogP contribution is -2.09. The molecule has 276 valence electrons. The van der Waals surface area contributed by atoms with Gasteiger partial charge in [-0.05, 0) is 109 Å². The standard InChI is InChI=1S/C53H37N3OS/c1-3-13-38(14-4-1)58(39-15-5-2-6-16-39,40-27-23-36(24-28-40)55-49-21-11-8-18-43(49)47-35-54-32-31-50(47)55)41-29-25-37(26-30-41)56-48-20-10-7-17-42(48)45-33-46-44-19-9-12-22-52(44)57-53(46)34-51(45)56/h1-5,7-15,17-35H,6,16H2. The van der Waals surface area contributed by atoms with Crippen LogP contribution in [-0.4, -0.2) is 14.1 Å². The molecule has 0 amide bonds. The third-order valence-corrected chi connectivity index (χ3v) is 16.1. The number of para-hydroxylation sites is 3. The number of nitrogens with zero attached hydrogens (tertiary/aromatic N) is 3. The predicted molar refractivity (Wildman–Crippen MR) is 242 cm³/mol. The van der Waals surface area contributed by atoms with E-state index in [1.54, 1.807) is 0 Å². The molecule has 1 aliphatic rings. The van der Waals surface area contributed by atoms with E-state index in [-0.39, 0.29) is 0 Å². The van der Waals surface area contributed by atoms with Gasteiger partial charge in [0.2, 0.25) is 0 Å². The van der Waals surface area contributed by atoms with Gasteiger partial charge in [-0.1, -0.05) is 91.0 Å². The summed E-state index contributed by atoms with van der Waals surface area (Å²) in [5, 5.41) is 7.12. The molecule has 58 heavy (non-hydrogen) atoms. The molecule has 1 atom stereocenters. The fourth-order valence-electron chi connectivity index (χ4n) is 9.48. The van der Waals surface area contributed by atoms with Crippen molar-refractivity contribution < 1.29 is 4.42 Å². The molecule has 1 aliphatic carbocycles. The van der Waals surface area contributed by atoms with E-state index in [2.05, 4.69) is 196 Å². The van der Waals surface area contributed by atoms with Gasteiger partial charge >= 0.3 is 0 Å². The molecule has 11 aromatic rings. The fourth-order valence-corrected chi connectivity index (χ4v) is 13.6. The van der Waals surface area contributed by atoms with Gasteiger partial charge in [-0.25, -0.2) is 0 Å². The highest BCUT2D eigenvalue weighted by Gasteiger charge is 2.35. The second-order valence-corrected chi connectivity index (χ2v) is 18.2. The Morgan fingerprint density at radius 2 is 1.05 bits per heavy atom. The molecule has 0 saturated carbocycles. The van der Waals surface area contributed by atoms with Gasteiger partial charge in [0.1, 0.15) is 11.2 Å². The van der Waals surface area contributed by atoms with Crippen molar-refractivity contribution in [2.75, 3.05) is 0 Å². The highest BCUT2D eigenvalue weighted by Crippen LogP contribution is 2.74. The van der Waals surface area contributed by atoms with E-state index in [4.69, 9.17) is 4.42 Å². The summed E-state index contributed by atoms with van der Waals surface area (Å²) in [6.07, 6.45) is 12.8. The summed E-state index contributed by atoms with van der Waals surface area (Å²) in [5.41, 5.74) is 8.74. The molecule has 0 aliphatic heterocycles. The predicted octanol–water partition coefficient (Wildman–Crippen LogP) is 14.7. The number of hydrogen-bond donors (Lipinski definition) is 0. The summed E-state index contributed by atoms with van der Waals surface area (Å²) < 4.78 is 11.2. The normalized spacial score (nSPS) is 14.8. The maximum absolute atomic E-state index is 6.42. The monoisotopic (exact) mass is 763 g/mol. The highest BCUT2D eigenvalue weighted by molar-refractivity contribution is 8.37. The molecule has 4 heterocycles. The molecule has 5 heteroatoms. The van der Waals surface area contributed by atoms with Gasteiger partial charge in [-0.15, -0.1) is 10.0 Å². The molecule has 0 N–H and O–H groups in total. The molecule has 0 fully saturated rings. The third kappa shape index (κ3) is 4.80. The van der Waals surface area contributed by atoms with E-state index in [1.165, 1.54) is 46.8 Å². The summed E-state index contributed by atoms with van der Waals surface area (Å²) in [7, 11) is -1.85. The Bertz CT molecular complexity index is 3390. The van der Waals surface area contributed by atoms with Crippen LogP contribution >= 0.6 is 10.0 Å². The minimum Gasteiger partial charge on any atom is -0.456 e. The second-order valence-electron chi connectivity index (χ2n) is 15.1. The molecule has 1 unspecified atom stereocenters. The molecule has 4 nitrogen and oxygen atoms in total. The molecule has 0 radical (unpaired) electrons. The van der Waals surface area contributed by atoms with E-state index in [0.717, 1.165) is 62.6 Å². The molecule has 0 bridgehead atoms. The fraction of sp³-hybridized carbons (Fsp3) is 0.0377. The number of fused-ring (bicyclic) bond motifs is 9. The molecular weight excluding hydrogens is 727 g/mol. The highest BCUT2D eigenvalue weighted by atomic mass is 32.3. The van der Waals surface area contributed by atoms with Crippen LogP contribution in [0.1, 0.15) is 12.8 Å². The Hall–Kier alpha value is -7.08. The zero-order valence-electron chi connectivity index (χ0n) is 31.6. The Kier molecular flexibility index (Phi) is 7.41. The molecule has 0 saturated heterocycles. The summed E-state index contributed by atoms with van der Waals surface area (Å²) in [6.45, 7) is 0. The van der Waals surface area contributed by atoms with Crippen LogP contribution in [0, 0.1) is 0 Å². The van der Waals surface area contributed by atoms with E-state index < -0.39 is 10.0 Å². The van der Waals surface area contributed by atoms with Crippen molar-refractivity contribution in [3.63, 3.8) is 0 Å². The summed E-state index contributed by atoms with van der Waals surface area (Å²) in [5.74, 6) is 0. The van der Waals surface area contributed by atoms with Crippen LogP contribution in [0.3, 0.4) is 0 Å². The number of allylic oxidation sites excluding steroid dienone is 4. The summed E-state index contributed by atoms with van der Waals surface area (Å²) in [4.78, 5) is 9.93. The molecule has 7 aromatic carbocycles. The van der Waals surface area contributed by atoms with Crippen molar-refractivity contribution in [3.05, 3.63) is 205 Å². The topological polar surface area (TPSA) is 35.9 Å². The minimum atomic E-state index is -1.85. The zero-order chi connectivity index (χ0) is 38.2. The molecule has 12 rings (SSSR count). The van der Waals surface area contributed by atoms with Gasteiger partial charge in [-0.2, -0.15) is 0 Å². The Labute approximate surface area is 336 Å². The maximum atomic E-state index is 6.42. The van der Waals surface area contributed by atoms with Crippen molar-refractivity contribution >= 4 is 75.6 Å². The number of rotatable bonds is 6. The number of aromatic nitrogens is 3. The number of hydrogen-bond acceptors (Lipinski definition) is 2. The first-order valence-corrected chi connectivity index (χ1v) is 21.5. The van der Waals surface area contributed by atoms with Gasteiger partial charge in [0.05, 0.1) is 22.1 Å². The van der Waals surface area contributed by atoms with Crippen LogP contribution in [-0.2, 0) is 0 Å². The molecule has 0 spiro atoms. The van der Waals surface area contributed by atoms with Crippen molar-refractivity contribution in [2.24, 2.45) is 0 Å². The van der Waals surface area contributed by atoms with Gasteiger partial charge in [0.15, 0.2) is 0 Å². The van der Waals surface area contributed by atoms with Gasteiger partial charge in [0, 0.05) is 76.8 Å². The van der Waals surface area contributed by atoms with Crippen LogP contribution < -0.4 is 0 Å². The number of benzene rings is 7. The smallest absolute Gasteiger partial charge is 0.137 e. The van der Waals surface area contributed by atoms with Crippen molar-refractivity contribution in [1.82, 2.24) is 14.1 Å². The molecular formula is C53H37N3OS. The minimum absolute atomic E-state index is 0.903. The lowest BCUT2D eigenvalue weighted by Gasteiger charge is -2.44. The molecule has 4 aromatic heterocycles. The Balaban J connectivity index is 1.06. The van der Waals surface area contributed by atoms with Crippen LogP contribution in [0.15, 0.2) is 224 Å². The first kappa shape index (κ1) is 33.1. The second kappa shape index (κ2) is 13.0. The zero-order valence-corrected chi connectivity index (χ0v) is 32.4. The van der Waals surface area contributed by atoms with Crippen molar-refractivity contribution in [2.45, 2.75) is 27.5 Å². The van der Waals surface area contributed by atoms with Gasteiger partial charge < -0.3 is 13.6 Å². The van der Waals surface area contributed by atoms with Crippen LogP contribution in [0.2, 0.25) is 0 Å². The largest absolute Gasteiger partial charge is 0.456 e. The van der Waals surface area contributed by atoms with Crippen molar-refractivity contribution in [1.29, 1.82) is 0 Å². The summed E-state index contributed by atoms with van der Waals surface area (Å²) in [6, 6.07) is 62.4. The number of pyridine rings is 1. The SMILES string of the molecule is C1=CCCC(S(c2ccccc2)(c2ccc(-n3c4ccccc4c4cnccc43)cc2)c2ccc(-n3c4ccccc4c4cc5c(cc43)oc3ccccc35)cc2)=C1. The quantitative estimate of drug-likeness (QED) is 0.169. The van der Waals surface area contributed by atoms with E-state index in [9.17, 15) is 0 Å². The van der Waals surface area contributed by atoms with Crippen LogP contribution in [0.5, 0.6) is 0 Å². The maximum Gasteiger partial charge on any atom is 0.137 e. The van der Waals surface area contributed by atoms with E-state index in [0.29, 0.717) is 0 Å². The first-order valence-electron chi connectivity index (χ1n) is 19.9. The lowest BCUT2D eigenvalue weighted by molar-refractivity contribution is 0.669. The first-order chi connectivity index (χ1) is 28.8. The lowest BCUT2D eigenvalue weighted by atomic mass is 10.1. The Morgan fingerprint density at radius 1 is 0.466 bits per heavy atom. The number of furan rings is 1. The van der Waals surface area contributed by atoms with E-state index >= 15 is 0 Å². The van der Waals surface area contributed by atoms with Crippen LogP contribution in [0.25, 0.3) is 76.9 Å². The van der Waals surface area contributed by atoms with Gasteiger partial charge in [0.25, 0.3) is 0 Å². The average molecular weight is 764 g/mol. The average Bonchev–Trinajstić information content (AvgIpc) is 3.94. The Morgan fingerprint density at radius 3 is 1.74 bits per heavy atom. The third-order valence-electron chi connectivity index (χ3n) is 12.0. The van der Waals surface area contributed by atoms with E-state index in [1.807, 2.05) is 18.5 Å². The van der Waals surface area contributed by atoms with Crippen LogP contribution in [0.4, 0.5) is 0 Å². The van der Waals surface area contributed by atoms with Crippen molar-refractivity contribution in [3.8, 4) is 11.4 Å².